The van der Waals surface area contributed by atoms with Gasteiger partial charge in [0.05, 0.1) is 6.10 Å². The number of hydrogen-bond acceptors (Lipinski definition) is 2. The van der Waals surface area contributed by atoms with E-state index in [2.05, 4.69) is 19.0 Å². The van der Waals surface area contributed by atoms with Crippen molar-refractivity contribution in [2.24, 2.45) is 17.8 Å². The SMILES string of the molecule is CN(C)C1(C(O)CC2CC3CCC2C3)CCCC1. The molecule has 0 aliphatic heterocycles. The van der Waals surface area contributed by atoms with Gasteiger partial charge in [0.1, 0.15) is 0 Å². The lowest BCUT2D eigenvalue weighted by molar-refractivity contribution is -0.0214. The molecule has 104 valence electrons. The summed E-state index contributed by atoms with van der Waals surface area (Å²) in [4.78, 5) is 2.32. The van der Waals surface area contributed by atoms with E-state index < -0.39 is 0 Å². The standard InChI is InChI=1S/C16H29NO/c1-17(2)16(7-3-4-8-16)15(18)11-14-10-12-5-6-13(14)9-12/h12-15,18H,3-11H2,1-2H3. The quantitative estimate of drug-likeness (QED) is 0.830. The van der Waals surface area contributed by atoms with Gasteiger partial charge in [0, 0.05) is 5.54 Å². The summed E-state index contributed by atoms with van der Waals surface area (Å²) in [5, 5.41) is 10.8. The Morgan fingerprint density at radius 1 is 1.17 bits per heavy atom. The van der Waals surface area contributed by atoms with Crippen molar-refractivity contribution in [1.29, 1.82) is 0 Å². The first-order chi connectivity index (χ1) is 8.62. The molecule has 0 aromatic carbocycles. The monoisotopic (exact) mass is 251 g/mol. The van der Waals surface area contributed by atoms with Gasteiger partial charge >= 0.3 is 0 Å². The number of nitrogens with zero attached hydrogens (tertiary/aromatic N) is 1. The van der Waals surface area contributed by atoms with Crippen molar-refractivity contribution in [2.75, 3.05) is 14.1 Å². The summed E-state index contributed by atoms with van der Waals surface area (Å²) in [7, 11) is 4.32. The molecule has 0 radical (unpaired) electrons. The Balaban J connectivity index is 1.64. The van der Waals surface area contributed by atoms with E-state index in [1.807, 2.05) is 0 Å². The van der Waals surface area contributed by atoms with Crippen LogP contribution < -0.4 is 0 Å². The van der Waals surface area contributed by atoms with Gasteiger partial charge in [-0.25, -0.2) is 0 Å². The lowest BCUT2D eigenvalue weighted by Gasteiger charge is -2.42. The highest BCUT2D eigenvalue weighted by molar-refractivity contribution is 5.01. The predicted octanol–water partition coefficient (Wildman–Crippen LogP) is 3.05. The van der Waals surface area contributed by atoms with Gasteiger partial charge in [0.15, 0.2) is 0 Å². The molecule has 3 aliphatic rings. The Labute approximate surface area is 112 Å². The molecule has 3 aliphatic carbocycles. The Morgan fingerprint density at radius 2 is 1.89 bits per heavy atom. The minimum absolute atomic E-state index is 0.0978. The lowest BCUT2D eigenvalue weighted by Crippen LogP contribution is -2.52. The van der Waals surface area contributed by atoms with Crippen LogP contribution in [0.4, 0.5) is 0 Å². The van der Waals surface area contributed by atoms with E-state index in [0.717, 1.165) is 24.2 Å². The van der Waals surface area contributed by atoms with Crippen molar-refractivity contribution in [3.8, 4) is 0 Å². The summed E-state index contributed by atoms with van der Waals surface area (Å²) in [5.74, 6) is 2.78. The second kappa shape index (κ2) is 4.79. The van der Waals surface area contributed by atoms with Crippen molar-refractivity contribution < 1.29 is 5.11 Å². The van der Waals surface area contributed by atoms with E-state index in [1.165, 1.54) is 51.4 Å². The number of aliphatic hydroxyl groups excluding tert-OH is 1. The molecule has 0 aromatic rings. The molecule has 2 nitrogen and oxygen atoms in total. The molecule has 0 heterocycles. The summed E-state index contributed by atoms with van der Waals surface area (Å²) in [6, 6.07) is 0. The zero-order valence-electron chi connectivity index (χ0n) is 12.1. The highest BCUT2D eigenvalue weighted by Gasteiger charge is 2.46. The fourth-order valence-electron chi connectivity index (χ4n) is 5.24. The van der Waals surface area contributed by atoms with E-state index >= 15 is 0 Å². The molecule has 4 unspecified atom stereocenters. The van der Waals surface area contributed by atoms with Gasteiger partial charge in [0.25, 0.3) is 0 Å². The molecular weight excluding hydrogens is 222 g/mol. The van der Waals surface area contributed by atoms with E-state index in [9.17, 15) is 5.11 Å². The molecule has 0 spiro atoms. The third-order valence-electron chi connectivity index (χ3n) is 6.39. The first-order valence-electron chi connectivity index (χ1n) is 7.97. The Bertz CT molecular complexity index is 295. The molecule has 3 rings (SSSR count). The van der Waals surface area contributed by atoms with E-state index in [-0.39, 0.29) is 11.6 Å². The van der Waals surface area contributed by atoms with Gasteiger partial charge < -0.3 is 10.0 Å². The van der Waals surface area contributed by atoms with Gasteiger partial charge in [-0.3, -0.25) is 0 Å². The van der Waals surface area contributed by atoms with Crippen molar-refractivity contribution in [3.63, 3.8) is 0 Å². The molecule has 18 heavy (non-hydrogen) atoms. The second-order valence-electron chi connectivity index (χ2n) is 7.39. The lowest BCUT2D eigenvalue weighted by atomic mass is 9.78. The predicted molar refractivity (Wildman–Crippen MR) is 74.4 cm³/mol. The summed E-state index contributed by atoms with van der Waals surface area (Å²) in [6.07, 6.45) is 11.7. The average molecular weight is 251 g/mol. The summed E-state index contributed by atoms with van der Waals surface area (Å²) in [6.45, 7) is 0. The number of likely N-dealkylation sites (N-methyl/N-ethyl adjacent to an activating group) is 1. The average Bonchev–Trinajstić information content (AvgIpc) is 3.05. The highest BCUT2D eigenvalue weighted by atomic mass is 16.3. The van der Waals surface area contributed by atoms with Crippen LogP contribution in [-0.2, 0) is 0 Å². The van der Waals surface area contributed by atoms with Gasteiger partial charge in [-0.2, -0.15) is 0 Å². The van der Waals surface area contributed by atoms with E-state index in [0.29, 0.717) is 0 Å². The van der Waals surface area contributed by atoms with E-state index in [4.69, 9.17) is 0 Å². The van der Waals surface area contributed by atoms with E-state index in [1.54, 1.807) is 0 Å². The van der Waals surface area contributed by atoms with Crippen molar-refractivity contribution in [3.05, 3.63) is 0 Å². The smallest absolute Gasteiger partial charge is 0.0726 e. The number of hydrogen-bond donors (Lipinski definition) is 1. The first-order valence-corrected chi connectivity index (χ1v) is 7.97. The molecule has 4 atom stereocenters. The molecule has 3 saturated carbocycles. The summed E-state index contributed by atoms with van der Waals surface area (Å²) < 4.78 is 0. The zero-order chi connectivity index (χ0) is 12.8. The normalized spacial score (nSPS) is 39.7. The van der Waals surface area contributed by atoms with Crippen LogP contribution in [-0.4, -0.2) is 35.7 Å². The maximum Gasteiger partial charge on any atom is 0.0726 e. The van der Waals surface area contributed by atoms with Gasteiger partial charge in [0.2, 0.25) is 0 Å². The van der Waals surface area contributed by atoms with Gasteiger partial charge in [-0.15, -0.1) is 0 Å². The topological polar surface area (TPSA) is 23.5 Å². The number of aliphatic hydroxyl groups is 1. The van der Waals surface area contributed by atoms with Crippen LogP contribution in [0.15, 0.2) is 0 Å². The minimum atomic E-state index is -0.0978. The first kappa shape index (κ1) is 12.9. The van der Waals surface area contributed by atoms with Crippen LogP contribution in [0, 0.1) is 17.8 Å². The Kier molecular flexibility index (Phi) is 3.44. The minimum Gasteiger partial charge on any atom is -0.391 e. The van der Waals surface area contributed by atoms with Crippen LogP contribution in [0.1, 0.15) is 57.8 Å². The largest absolute Gasteiger partial charge is 0.391 e. The third-order valence-corrected chi connectivity index (χ3v) is 6.39. The molecule has 0 aromatic heterocycles. The Morgan fingerprint density at radius 3 is 2.39 bits per heavy atom. The van der Waals surface area contributed by atoms with Crippen LogP contribution in [0.25, 0.3) is 0 Å². The molecule has 1 N–H and O–H groups in total. The molecule has 0 amide bonds. The van der Waals surface area contributed by atoms with Gasteiger partial charge in [-0.1, -0.05) is 19.3 Å². The fourth-order valence-corrected chi connectivity index (χ4v) is 5.24. The molecule has 3 fully saturated rings. The second-order valence-corrected chi connectivity index (χ2v) is 7.39. The zero-order valence-corrected chi connectivity index (χ0v) is 12.1. The van der Waals surface area contributed by atoms with Crippen LogP contribution in [0.2, 0.25) is 0 Å². The maximum absolute atomic E-state index is 10.8. The van der Waals surface area contributed by atoms with Crippen molar-refractivity contribution in [1.82, 2.24) is 4.90 Å². The third kappa shape index (κ3) is 2.02. The van der Waals surface area contributed by atoms with Crippen LogP contribution in [0.5, 0.6) is 0 Å². The Hall–Kier alpha value is -0.0800. The summed E-state index contributed by atoms with van der Waals surface area (Å²) in [5.41, 5.74) is 0.0990. The summed E-state index contributed by atoms with van der Waals surface area (Å²) >= 11 is 0. The molecular formula is C16H29NO. The van der Waals surface area contributed by atoms with Crippen molar-refractivity contribution >= 4 is 0 Å². The highest BCUT2D eigenvalue weighted by Crippen LogP contribution is 2.51. The number of rotatable bonds is 4. The molecule has 2 heteroatoms. The molecule has 0 saturated heterocycles. The van der Waals surface area contributed by atoms with Gasteiger partial charge in [-0.05, 0) is 70.4 Å². The fraction of sp³-hybridized carbons (Fsp3) is 1.00. The van der Waals surface area contributed by atoms with Crippen molar-refractivity contribution in [2.45, 2.75) is 69.4 Å². The number of fused-ring (bicyclic) bond motifs is 2. The van der Waals surface area contributed by atoms with Crippen LogP contribution in [0.3, 0.4) is 0 Å². The van der Waals surface area contributed by atoms with Crippen LogP contribution >= 0.6 is 0 Å². The maximum atomic E-state index is 10.8. The molecule has 2 bridgehead atoms.